The number of nitrogens with zero attached hydrogens (tertiary/aromatic N) is 2. The second-order valence-corrected chi connectivity index (χ2v) is 17.2. The van der Waals surface area contributed by atoms with Crippen molar-refractivity contribution in [2.75, 3.05) is 73.0 Å². The molecule has 0 saturated heterocycles. The first-order chi connectivity index (χ1) is 26.6. The van der Waals surface area contributed by atoms with Gasteiger partial charge in [-0.1, -0.05) is 38.5 Å². The lowest BCUT2D eigenvalue weighted by molar-refractivity contribution is -0.438. The molecule has 0 fully saturated rings. The van der Waals surface area contributed by atoms with Gasteiger partial charge in [0.15, 0.2) is 5.71 Å². The van der Waals surface area contributed by atoms with Crippen LogP contribution >= 0.6 is 0 Å². The van der Waals surface area contributed by atoms with Gasteiger partial charge >= 0.3 is 5.97 Å². The quantitative estimate of drug-likeness (QED) is 0.0659. The Morgan fingerprint density at radius 2 is 1.70 bits per heavy atom. The SMILES string of the molecule is CCN(CCOCCOCCOCCOC)C1=CCC2C(=C1)O/C(=C/C=C/C1=[N+](CCCCCC(=O)O)c3ccc(S(=O)(=O)O)cc3C1(C)C)C=C2C(C)(C)C. The number of allylic oxidation sites excluding steroid dienone is 7. The Labute approximate surface area is 333 Å². The Morgan fingerprint density at radius 3 is 2.32 bits per heavy atom. The minimum atomic E-state index is -4.39. The largest absolute Gasteiger partial charge is 0.481 e. The number of carbonyl (C=O) groups is 1. The van der Waals surface area contributed by atoms with E-state index in [0.717, 1.165) is 66.5 Å². The Kier molecular flexibility index (Phi) is 16.7. The third-order valence-corrected chi connectivity index (χ3v) is 11.2. The van der Waals surface area contributed by atoms with Crippen molar-refractivity contribution in [3.05, 3.63) is 83.0 Å². The molecule has 13 heteroatoms. The lowest BCUT2D eigenvalue weighted by Gasteiger charge is -2.38. The van der Waals surface area contributed by atoms with Gasteiger partial charge in [-0.3, -0.25) is 9.35 Å². The number of hydrogen-bond donors (Lipinski definition) is 2. The third-order valence-electron chi connectivity index (χ3n) is 10.3. The molecule has 2 heterocycles. The molecule has 1 aromatic carbocycles. The summed E-state index contributed by atoms with van der Waals surface area (Å²) in [5.41, 5.74) is 4.35. The van der Waals surface area contributed by atoms with Gasteiger partial charge in [0, 0.05) is 68.4 Å². The summed E-state index contributed by atoms with van der Waals surface area (Å²) in [6.07, 6.45) is 15.6. The van der Waals surface area contributed by atoms with Crippen molar-refractivity contribution >= 4 is 27.5 Å². The van der Waals surface area contributed by atoms with E-state index in [1.54, 1.807) is 19.2 Å². The Balaban J connectivity index is 1.50. The number of ether oxygens (including phenoxy) is 5. The number of hydrogen-bond acceptors (Lipinski definition) is 9. The van der Waals surface area contributed by atoms with E-state index < -0.39 is 21.5 Å². The van der Waals surface area contributed by atoms with Crippen LogP contribution in [0.3, 0.4) is 0 Å². The van der Waals surface area contributed by atoms with Crippen LogP contribution in [0, 0.1) is 11.3 Å². The number of fused-ring (bicyclic) bond motifs is 2. The van der Waals surface area contributed by atoms with Crippen LogP contribution in [0.5, 0.6) is 0 Å². The molecule has 56 heavy (non-hydrogen) atoms. The second-order valence-electron chi connectivity index (χ2n) is 15.8. The van der Waals surface area contributed by atoms with Crippen molar-refractivity contribution in [2.45, 2.75) is 84.0 Å². The van der Waals surface area contributed by atoms with Gasteiger partial charge in [0.2, 0.25) is 5.69 Å². The molecule has 1 unspecified atom stereocenters. The molecule has 1 atom stereocenters. The number of aliphatic carboxylic acids is 1. The number of rotatable bonds is 23. The van der Waals surface area contributed by atoms with Crippen LogP contribution in [0.4, 0.5) is 5.69 Å². The van der Waals surface area contributed by atoms with Crippen molar-refractivity contribution < 1.29 is 51.1 Å². The van der Waals surface area contributed by atoms with E-state index in [2.05, 4.69) is 55.4 Å². The second kappa shape index (κ2) is 20.7. The fourth-order valence-electron chi connectivity index (χ4n) is 7.34. The minimum absolute atomic E-state index is 0.0931. The summed E-state index contributed by atoms with van der Waals surface area (Å²) in [4.78, 5) is 13.2. The molecule has 4 rings (SSSR count). The number of benzene rings is 1. The van der Waals surface area contributed by atoms with E-state index in [4.69, 9.17) is 28.8 Å². The van der Waals surface area contributed by atoms with Gasteiger partial charge in [0.25, 0.3) is 10.1 Å². The summed E-state index contributed by atoms with van der Waals surface area (Å²) < 4.78 is 64.6. The number of unbranched alkanes of at least 4 members (excludes halogenated alkanes) is 2. The van der Waals surface area contributed by atoms with Gasteiger partial charge in [-0.2, -0.15) is 13.0 Å². The Bertz CT molecular complexity index is 1810. The van der Waals surface area contributed by atoms with Crippen molar-refractivity contribution in [3.63, 3.8) is 0 Å². The highest BCUT2D eigenvalue weighted by Crippen LogP contribution is 2.45. The first-order valence-corrected chi connectivity index (χ1v) is 21.2. The van der Waals surface area contributed by atoms with E-state index in [1.807, 2.05) is 32.1 Å². The molecule has 0 bridgehead atoms. The fourth-order valence-corrected chi connectivity index (χ4v) is 7.85. The lowest BCUT2D eigenvalue weighted by Crippen LogP contribution is -2.31. The molecule has 3 aliphatic rings. The predicted molar refractivity (Wildman–Crippen MR) is 217 cm³/mol. The van der Waals surface area contributed by atoms with Gasteiger partial charge in [0.1, 0.15) is 18.1 Å². The van der Waals surface area contributed by atoms with E-state index in [-0.39, 0.29) is 22.6 Å². The zero-order chi connectivity index (χ0) is 40.9. The molecular weight excluding hydrogens is 737 g/mol. The molecule has 0 spiro atoms. The third kappa shape index (κ3) is 12.5. The lowest BCUT2D eigenvalue weighted by atomic mass is 9.74. The first-order valence-electron chi connectivity index (χ1n) is 19.7. The van der Waals surface area contributed by atoms with Crippen LogP contribution in [-0.4, -0.2) is 112 Å². The standard InChI is InChI=1S/C43H62N2O10S/c1-8-44(21-22-52-25-26-54-28-27-53-24-23-51-7)32-16-18-35-36(42(2,3)4)30-33(55-39(35)29-32)13-12-14-40-43(5,6)37-31-34(56(48,49)50)17-19-38(37)45(40)20-11-9-10-15-41(46)47/h12-14,16-17,19,29-31,35H,8-11,15,18,20-28H2,1-7H3,(H-,46,47,48,49,50)/p+1/b14-12+,33-13+. The average molecular weight is 800 g/mol. The number of methoxy groups -OCH3 is 1. The molecule has 1 aromatic rings. The van der Waals surface area contributed by atoms with Crippen molar-refractivity contribution in [1.29, 1.82) is 0 Å². The summed E-state index contributed by atoms with van der Waals surface area (Å²) >= 11 is 0. The summed E-state index contributed by atoms with van der Waals surface area (Å²) in [5.74, 6) is 0.971. The van der Waals surface area contributed by atoms with E-state index in [0.29, 0.717) is 59.2 Å². The number of likely N-dealkylation sites (N-methyl/N-ethyl adjacent to an activating group) is 1. The molecule has 0 radical (unpaired) electrons. The van der Waals surface area contributed by atoms with Crippen LogP contribution in [0.25, 0.3) is 0 Å². The molecule has 12 nitrogen and oxygen atoms in total. The molecule has 2 N–H and O–H groups in total. The highest BCUT2D eigenvalue weighted by molar-refractivity contribution is 7.85. The molecule has 2 aliphatic heterocycles. The van der Waals surface area contributed by atoms with Gasteiger partial charge in [-0.05, 0) is 69.7 Å². The predicted octanol–water partition coefficient (Wildman–Crippen LogP) is 7.20. The summed E-state index contributed by atoms with van der Waals surface area (Å²) in [6.45, 7) is 18.9. The van der Waals surface area contributed by atoms with Crippen LogP contribution in [0.1, 0.15) is 79.2 Å². The zero-order valence-corrected chi connectivity index (χ0v) is 35.2. The van der Waals surface area contributed by atoms with Gasteiger partial charge < -0.3 is 33.7 Å². The van der Waals surface area contributed by atoms with Crippen molar-refractivity contribution in [3.8, 4) is 0 Å². The summed E-state index contributed by atoms with van der Waals surface area (Å²) in [7, 11) is -2.74. The highest BCUT2D eigenvalue weighted by Gasteiger charge is 2.45. The topological polar surface area (TPSA) is 144 Å². The number of carboxylic acid groups (broad SMARTS) is 1. The fraction of sp³-hybridized carbons (Fsp3) is 0.581. The molecule has 0 saturated carbocycles. The molecule has 0 aromatic heterocycles. The van der Waals surface area contributed by atoms with Gasteiger partial charge in [-0.15, -0.1) is 0 Å². The van der Waals surface area contributed by atoms with Gasteiger partial charge in [-0.25, -0.2) is 0 Å². The van der Waals surface area contributed by atoms with Crippen LogP contribution < -0.4 is 0 Å². The normalized spacial score (nSPS) is 18.8. The molecular formula is C43H63N2O10S+. The maximum atomic E-state index is 12.1. The van der Waals surface area contributed by atoms with Crippen molar-refractivity contribution in [1.82, 2.24) is 4.90 Å². The average Bonchev–Trinajstić information content (AvgIpc) is 3.35. The van der Waals surface area contributed by atoms with E-state index >= 15 is 0 Å². The molecule has 0 amide bonds. The maximum Gasteiger partial charge on any atom is 0.303 e. The molecule has 310 valence electrons. The summed E-state index contributed by atoms with van der Waals surface area (Å²) in [5, 5.41) is 9.09. The van der Waals surface area contributed by atoms with Crippen molar-refractivity contribution in [2.24, 2.45) is 11.3 Å². The Morgan fingerprint density at radius 1 is 1.02 bits per heavy atom. The Hall–Kier alpha value is -3.59. The maximum absolute atomic E-state index is 12.1. The van der Waals surface area contributed by atoms with E-state index in [1.165, 1.54) is 11.6 Å². The highest BCUT2D eigenvalue weighted by atomic mass is 32.2. The van der Waals surface area contributed by atoms with Gasteiger partial charge in [0.05, 0.1) is 56.6 Å². The zero-order valence-electron chi connectivity index (χ0n) is 34.3. The summed E-state index contributed by atoms with van der Waals surface area (Å²) in [6, 6.07) is 4.72. The van der Waals surface area contributed by atoms with E-state index in [9.17, 15) is 17.8 Å². The first kappa shape index (κ1) is 45.1. The van der Waals surface area contributed by atoms with Crippen LogP contribution in [-0.2, 0) is 44.0 Å². The van der Waals surface area contributed by atoms with Crippen LogP contribution in [0.2, 0.25) is 0 Å². The molecule has 1 aliphatic carbocycles. The monoisotopic (exact) mass is 799 g/mol. The van der Waals surface area contributed by atoms with Crippen LogP contribution in [0.15, 0.2) is 82.3 Å². The smallest absolute Gasteiger partial charge is 0.303 e. The minimum Gasteiger partial charge on any atom is -0.481 e. The number of carboxylic acids is 1.